The zero-order valence-electron chi connectivity index (χ0n) is 17.8. The molecule has 0 amide bonds. The van der Waals surface area contributed by atoms with Crippen LogP contribution in [0.15, 0.2) is 24.4 Å². The number of nitrogen functional groups attached to an aromatic ring is 1. The topological polar surface area (TPSA) is 93.6 Å². The number of alkyl halides is 1. The standard InChI is InChI=1S/C13H9F3N4.C8H14FNO2S/c1-6-2-3-7(14)11(12(6)16)9-4-8(15)10-5-18-13(17)19-20(9)10;9-7-2-1-5-10(6-7)13(11,12)8-3-4-8/h2-5H,1H3,(H2,17,19);7-8H,1-6H2. The van der Waals surface area contributed by atoms with E-state index >= 15 is 0 Å². The fraction of sp³-hybridized carbons (Fsp3) is 0.429. The molecule has 2 N–H and O–H groups in total. The third-order valence-electron chi connectivity index (χ3n) is 5.66. The molecular formula is C21H23F4N5O2S. The van der Waals surface area contributed by atoms with Crippen molar-refractivity contribution in [3.8, 4) is 11.3 Å². The highest BCUT2D eigenvalue weighted by Crippen LogP contribution is 2.33. The zero-order valence-corrected chi connectivity index (χ0v) is 18.6. The van der Waals surface area contributed by atoms with E-state index in [1.165, 1.54) is 17.3 Å². The maximum Gasteiger partial charge on any atom is 0.238 e. The largest absolute Gasteiger partial charge is 0.367 e. The summed E-state index contributed by atoms with van der Waals surface area (Å²) in [6.45, 7) is 2.09. The van der Waals surface area contributed by atoms with Crippen LogP contribution in [0, 0.1) is 24.4 Å². The summed E-state index contributed by atoms with van der Waals surface area (Å²) in [5, 5.41) is 3.60. The SMILES string of the molecule is Cc1ccc(F)c(-c2cc(F)c3cnc(N)nn23)c1F.O=S(=O)(C1CC1)N1CCCC(F)C1. The van der Waals surface area contributed by atoms with Gasteiger partial charge in [-0.1, -0.05) is 6.07 Å². The van der Waals surface area contributed by atoms with Gasteiger partial charge < -0.3 is 5.73 Å². The smallest absolute Gasteiger partial charge is 0.238 e. The van der Waals surface area contributed by atoms with E-state index in [0.717, 1.165) is 35.7 Å². The third kappa shape index (κ3) is 4.67. The number of nitrogens with zero attached hydrogens (tertiary/aromatic N) is 4. The molecule has 0 radical (unpaired) electrons. The summed E-state index contributed by atoms with van der Waals surface area (Å²) in [6, 6.07) is 3.43. The van der Waals surface area contributed by atoms with Gasteiger partial charge in [0.1, 0.15) is 23.3 Å². The summed E-state index contributed by atoms with van der Waals surface area (Å²) < 4.78 is 80.5. The molecular weight excluding hydrogens is 462 g/mol. The van der Waals surface area contributed by atoms with Gasteiger partial charge in [-0.15, -0.1) is 5.10 Å². The minimum absolute atomic E-state index is 0.00509. The molecule has 1 unspecified atom stereocenters. The molecule has 2 fully saturated rings. The first-order valence-electron chi connectivity index (χ1n) is 10.5. The monoisotopic (exact) mass is 485 g/mol. The maximum absolute atomic E-state index is 14.1. The lowest BCUT2D eigenvalue weighted by molar-refractivity contribution is 0.203. The number of aromatic nitrogens is 3. The molecule has 2 aliphatic rings. The first-order valence-corrected chi connectivity index (χ1v) is 12.0. The number of hydrogen-bond acceptors (Lipinski definition) is 5. The second kappa shape index (κ2) is 8.90. The van der Waals surface area contributed by atoms with Gasteiger partial charge in [0.2, 0.25) is 16.0 Å². The first-order chi connectivity index (χ1) is 15.6. The van der Waals surface area contributed by atoms with Gasteiger partial charge in [-0.3, -0.25) is 0 Å². The average Bonchev–Trinajstić information content (AvgIpc) is 3.58. The van der Waals surface area contributed by atoms with Crippen molar-refractivity contribution in [3.05, 3.63) is 47.4 Å². The fourth-order valence-electron chi connectivity index (χ4n) is 3.74. The van der Waals surface area contributed by atoms with Crippen LogP contribution in [-0.4, -0.2) is 51.8 Å². The molecule has 178 valence electrons. The predicted octanol–water partition coefficient (Wildman–Crippen LogP) is 3.62. The van der Waals surface area contributed by atoms with Crippen LogP contribution >= 0.6 is 0 Å². The highest BCUT2D eigenvalue weighted by molar-refractivity contribution is 7.90. The number of fused-ring (bicyclic) bond motifs is 1. The minimum atomic E-state index is -3.13. The van der Waals surface area contributed by atoms with Crippen molar-refractivity contribution in [2.24, 2.45) is 0 Å². The Kier molecular flexibility index (Phi) is 6.32. The van der Waals surface area contributed by atoms with Crippen LogP contribution in [0.1, 0.15) is 31.2 Å². The van der Waals surface area contributed by atoms with E-state index in [-0.39, 0.29) is 40.1 Å². The Labute approximate surface area is 188 Å². The normalized spacial score (nSPS) is 19.4. The van der Waals surface area contributed by atoms with Gasteiger partial charge in [0.05, 0.1) is 22.7 Å². The molecule has 1 aromatic carbocycles. The molecule has 3 heterocycles. The summed E-state index contributed by atoms with van der Waals surface area (Å²) in [7, 11) is -3.13. The van der Waals surface area contributed by atoms with E-state index in [9.17, 15) is 26.0 Å². The van der Waals surface area contributed by atoms with E-state index in [2.05, 4.69) is 10.1 Å². The predicted molar refractivity (Wildman–Crippen MR) is 115 cm³/mol. The summed E-state index contributed by atoms with van der Waals surface area (Å²) in [6.07, 6.45) is 2.89. The highest BCUT2D eigenvalue weighted by Gasteiger charge is 2.41. The van der Waals surface area contributed by atoms with Crippen molar-refractivity contribution < 1.29 is 26.0 Å². The van der Waals surface area contributed by atoms with Crippen LogP contribution in [0.2, 0.25) is 0 Å². The van der Waals surface area contributed by atoms with Crippen molar-refractivity contribution >= 4 is 21.5 Å². The number of nitrogens with two attached hydrogens (primary N) is 1. The second-order valence-corrected chi connectivity index (χ2v) is 10.4. The van der Waals surface area contributed by atoms with Gasteiger partial charge >= 0.3 is 0 Å². The number of anilines is 1. The summed E-state index contributed by atoms with van der Waals surface area (Å²) in [5.74, 6) is -2.37. The number of rotatable bonds is 3. The lowest BCUT2D eigenvalue weighted by atomic mass is 10.1. The van der Waals surface area contributed by atoms with Crippen molar-refractivity contribution in [1.29, 1.82) is 0 Å². The Bertz CT molecular complexity index is 1290. The molecule has 1 aliphatic carbocycles. The summed E-state index contributed by atoms with van der Waals surface area (Å²) in [4.78, 5) is 3.66. The zero-order chi connectivity index (χ0) is 23.9. The molecule has 3 aromatic rings. The molecule has 1 aliphatic heterocycles. The Morgan fingerprint density at radius 2 is 1.85 bits per heavy atom. The van der Waals surface area contributed by atoms with Gasteiger partial charge in [0, 0.05) is 19.2 Å². The molecule has 1 saturated carbocycles. The van der Waals surface area contributed by atoms with E-state index in [1.54, 1.807) is 0 Å². The maximum atomic E-state index is 14.1. The number of aryl methyl sites for hydroxylation is 1. The molecule has 33 heavy (non-hydrogen) atoms. The molecule has 1 saturated heterocycles. The fourth-order valence-corrected chi connectivity index (χ4v) is 5.64. The average molecular weight is 486 g/mol. The Morgan fingerprint density at radius 1 is 1.12 bits per heavy atom. The Morgan fingerprint density at radius 3 is 2.52 bits per heavy atom. The highest BCUT2D eigenvalue weighted by atomic mass is 32.2. The van der Waals surface area contributed by atoms with Crippen molar-refractivity contribution in [2.45, 2.75) is 44.0 Å². The van der Waals surface area contributed by atoms with Gasteiger partial charge in [-0.25, -0.2) is 35.5 Å². The van der Waals surface area contributed by atoms with Gasteiger partial charge in [-0.2, -0.15) is 4.31 Å². The Balaban J connectivity index is 0.000000172. The molecule has 1 atom stereocenters. The van der Waals surface area contributed by atoms with Gasteiger partial charge in [0.15, 0.2) is 5.82 Å². The third-order valence-corrected chi connectivity index (χ3v) is 8.02. The molecule has 12 heteroatoms. The minimum Gasteiger partial charge on any atom is -0.367 e. The van der Waals surface area contributed by atoms with E-state index < -0.39 is 33.6 Å². The van der Waals surface area contributed by atoms with Gasteiger partial charge in [-0.05, 0) is 44.2 Å². The molecule has 0 spiro atoms. The second-order valence-electron chi connectivity index (χ2n) is 8.19. The van der Waals surface area contributed by atoms with Crippen LogP contribution in [0.25, 0.3) is 16.8 Å². The summed E-state index contributed by atoms with van der Waals surface area (Å²) >= 11 is 0. The van der Waals surface area contributed by atoms with Crippen LogP contribution in [0.5, 0.6) is 0 Å². The lowest BCUT2D eigenvalue weighted by Crippen LogP contribution is -2.42. The first kappa shape index (κ1) is 23.4. The number of halogens is 4. The lowest BCUT2D eigenvalue weighted by Gasteiger charge is -2.28. The molecule has 5 rings (SSSR count). The van der Waals surface area contributed by atoms with Crippen LogP contribution < -0.4 is 5.73 Å². The van der Waals surface area contributed by atoms with Crippen LogP contribution in [0.4, 0.5) is 23.5 Å². The van der Waals surface area contributed by atoms with Crippen LogP contribution in [-0.2, 0) is 10.0 Å². The van der Waals surface area contributed by atoms with E-state index in [0.29, 0.717) is 19.4 Å². The van der Waals surface area contributed by atoms with Crippen molar-refractivity contribution in [3.63, 3.8) is 0 Å². The van der Waals surface area contributed by atoms with Gasteiger partial charge in [0.25, 0.3) is 0 Å². The van der Waals surface area contributed by atoms with Crippen molar-refractivity contribution in [1.82, 2.24) is 18.9 Å². The number of piperidine rings is 1. The Hall–Kier alpha value is -2.73. The number of benzene rings is 1. The number of sulfonamides is 1. The van der Waals surface area contributed by atoms with Crippen LogP contribution in [0.3, 0.4) is 0 Å². The molecule has 7 nitrogen and oxygen atoms in total. The van der Waals surface area contributed by atoms with Crippen molar-refractivity contribution in [2.75, 3.05) is 18.8 Å². The van der Waals surface area contributed by atoms with E-state index in [1.807, 2.05) is 0 Å². The quantitative estimate of drug-likeness (QED) is 0.572. The van der Waals surface area contributed by atoms with E-state index in [4.69, 9.17) is 5.73 Å². The molecule has 0 bridgehead atoms. The number of hydrogen-bond donors (Lipinski definition) is 1. The summed E-state index contributed by atoms with van der Waals surface area (Å²) in [5.41, 5.74) is 5.28. The molecule has 2 aromatic heterocycles.